The Morgan fingerprint density at radius 3 is 2.76 bits per heavy atom. The Hall–Kier alpha value is -1.22. The number of benzene rings is 1. The molecule has 1 aliphatic carbocycles. The van der Waals surface area contributed by atoms with Crippen LogP contribution in [-0.4, -0.2) is 26.3 Å². The number of ether oxygens (including phenoxy) is 2. The zero-order chi connectivity index (χ0) is 15.1. The summed E-state index contributed by atoms with van der Waals surface area (Å²) < 4.78 is 11.4. The first kappa shape index (κ1) is 16.2. The molecule has 2 unspecified atom stereocenters. The topological polar surface area (TPSA) is 30.5 Å². The molecule has 0 spiro atoms. The fourth-order valence-corrected chi connectivity index (χ4v) is 3.28. The molecule has 0 aromatic heterocycles. The van der Waals surface area contributed by atoms with Crippen LogP contribution in [0, 0.1) is 5.92 Å². The van der Waals surface area contributed by atoms with Gasteiger partial charge in [0, 0.05) is 6.04 Å². The van der Waals surface area contributed by atoms with E-state index in [1.54, 1.807) is 7.11 Å². The van der Waals surface area contributed by atoms with Crippen LogP contribution in [0.4, 0.5) is 0 Å². The fourth-order valence-electron chi connectivity index (χ4n) is 3.28. The molecule has 3 heteroatoms. The number of nitrogens with one attached hydrogen (secondary N) is 1. The molecule has 118 valence electrons. The van der Waals surface area contributed by atoms with Gasteiger partial charge in [-0.2, -0.15) is 0 Å². The standard InChI is InChI=1S/C18H29NO2/c1-4-14-9-10-17(18(13-14)20-3)21-12-11-15-7-6-8-16(15)19-5-2/h9-10,13,15-16,19H,4-8,11-12H2,1-3H3. The maximum atomic E-state index is 5.96. The predicted molar refractivity (Wildman–Crippen MR) is 87.3 cm³/mol. The minimum atomic E-state index is 0.683. The van der Waals surface area contributed by atoms with Crippen LogP contribution in [0.15, 0.2) is 18.2 Å². The summed E-state index contributed by atoms with van der Waals surface area (Å²) in [7, 11) is 1.71. The third-order valence-corrected chi connectivity index (χ3v) is 4.51. The minimum absolute atomic E-state index is 0.683. The second kappa shape index (κ2) is 8.28. The summed E-state index contributed by atoms with van der Waals surface area (Å²) in [4.78, 5) is 0. The van der Waals surface area contributed by atoms with Crippen molar-refractivity contribution in [3.63, 3.8) is 0 Å². The van der Waals surface area contributed by atoms with Crippen LogP contribution in [0.5, 0.6) is 11.5 Å². The molecule has 1 aromatic rings. The average Bonchev–Trinajstić information content (AvgIpc) is 2.95. The average molecular weight is 291 g/mol. The van der Waals surface area contributed by atoms with Crippen LogP contribution < -0.4 is 14.8 Å². The van der Waals surface area contributed by atoms with E-state index in [1.165, 1.54) is 24.8 Å². The molecule has 0 radical (unpaired) electrons. The van der Waals surface area contributed by atoms with Gasteiger partial charge in [-0.25, -0.2) is 0 Å². The third kappa shape index (κ3) is 4.37. The summed E-state index contributed by atoms with van der Waals surface area (Å²) in [6, 6.07) is 6.91. The lowest BCUT2D eigenvalue weighted by atomic mass is 10.00. The van der Waals surface area contributed by atoms with Gasteiger partial charge in [-0.3, -0.25) is 0 Å². The second-order valence-corrected chi connectivity index (χ2v) is 5.83. The third-order valence-electron chi connectivity index (χ3n) is 4.51. The lowest BCUT2D eigenvalue weighted by molar-refractivity contribution is 0.250. The molecule has 21 heavy (non-hydrogen) atoms. The van der Waals surface area contributed by atoms with E-state index in [0.717, 1.165) is 43.4 Å². The van der Waals surface area contributed by atoms with Gasteiger partial charge in [-0.1, -0.05) is 26.3 Å². The van der Waals surface area contributed by atoms with Gasteiger partial charge in [0.1, 0.15) is 0 Å². The van der Waals surface area contributed by atoms with Crippen molar-refractivity contribution in [2.24, 2.45) is 5.92 Å². The molecule has 3 nitrogen and oxygen atoms in total. The van der Waals surface area contributed by atoms with Crippen molar-refractivity contribution in [1.29, 1.82) is 0 Å². The molecule has 1 N–H and O–H groups in total. The van der Waals surface area contributed by atoms with E-state index in [2.05, 4.69) is 31.3 Å². The molecule has 0 amide bonds. The molecule has 0 bridgehead atoms. The molecule has 0 aliphatic heterocycles. The van der Waals surface area contributed by atoms with Gasteiger partial charge in [0.25, 0.3) is 0 Å². The lowest BCUT2D eigenvalue weighted by Crippen LogP contribution is -2.32. The van der Waals surface area contributed by atoms with Gasteiger partial charge in [-0.15, -0.1) is 0 Å². The SMILES string of the molecule is CCNC1CCCC1CCOc1ccc(CC)cc1OC. The van der Waals surface area contributed by atoms with E-state index in [9.17, 15) is 0 Å². The highest BCUT2D eigenvalue weighted by Gasteiger charge is 2.26. The first-order valence-electron chi connectivity index (χ1n) is 8.31. The Morgan fingerprint density at radius 1 is 1.19 bits per heavy atom. The number of aryl methyl sites for hydroxylation is 1. The van der Waals surface area contributed by atoms with Gasteiger partial charge in [0.05, 0.1) is 13.7 Å². The number of methoxy groups -OCH3 is 1. The van der Waals surface area contributed by atoms with Crippen LogP contribution in [-0.2, 0) is 6.42 Å². The normalized spacial score (nSPS) is 21.5. The van der Waals surface area contributed by atoms with Crippen molar-refractivity contribution in [3.8, 4) is 11.5 Å². The van der Waals surface area contributed by atoms with Crippen LogP contribution in [0.1, 0.15) is 45.1 Å². The van der Waals surface area contributed by atoms with Crippen molar-refractivity contribution in [2.75, 3.05) is 20.3 Å². The summed E-state index contributed by atoms with van der Waals surface area (Å²) in [6.45, 7) is 6.17. The second-order valence-electron chi connectivity index (χ2n) is 5.83. The molecule has 0 saturated heterocycles. The Labute approximate surface area is 129 Å². The molecule has 0 heterocycles. The van der Waals surface area contributed by atoms with Gasteiger partial charge < -0.3 is 14.8 Å². The predicted octanol–water partition coefficient (Wildman–Crippen LogP) is 3.80. The van der Waals surface area contributed by atoms with E-state index in [0.29, 0.717) is 6.04 Å². The number of rotatable bonds is 8. The Bertz CT molecular complexity index is 433. The first-order chi connectivity index (χ1) is 10.3. The molecule has 1 aromatic carbocycles. The van der Waals surface area contributed by atoms with E-state index in [-0.39, 0.29) is 0 Å². The summed E-state index contributed by atoms with van der Waals surface area (Å²) >= 11 is 0. The fraction of sp³-hybridized carbons (Fsp3) is 0.667. The van der Waals surface area contributed by atoms with Crippen molar-refractivity contribution < 1.29 is 9.47 Å². The van der Waals surface area contributed by atoms with Crippen LogP contribution in [0.25, 0.3) is 0 Å². The first-order valence-corrected chi connectivity index (χ1v) is 8.31. The van der Waals surface area contributed by atoms with E-state index >= 15 is 0 Å². The lowest BCUT2D eigenvalue weighted by Gasteiger charge is -2.20. The van der Waals surface area contributed by atoms with Gasteiger partial charge >= 0.3 is 0 Å². The van der Waals surface area contributed by atoms with E-state index < -0.39 is 0 Å². The molecule has 2 rings (SSSR count). The number of hydrogen-bond acceptors (Lipinski definition) is 3. The Kier molecular flexibility index (Phi) is 6.37. The smallest absolute Gasteiger partial charge is 0.161 e. The molecule has 1 aliphatic rings. The molecular formula is C18H29NO2. The van der Waals surface area contributed by atoms with Crippen LogP contribution in [0.2, 0.25) is 0 Å². The summed E-state index contributed by atoms with van der Waals surface area (Å²) in [5.41, 5.74) is 1.28. The van der Waals surface area contributed by atoms with Crippen molar-refractivity contribution in [2.45, 2.75) is 52.0 Å². The molecule has 2 atom stereocenters. The number of hydrogen-bond donors (Lipinski definition) is 1. The van der Waals surface area contributed by atoms with Crippen molar-refractivity contribution in [3.05, 3.63) is 23.8 Å². The highest BCUT2D eigenvalue weighted by atomic mass is 16.5. The minimum Gasteiger partial charge on any atom is -0.493 e. The van der Waals surface area contributed by atoms with Gasteiger partial charge in [-0.05, 0) is 55.8 Å². The van der Waals surface area contributed by atoms with Crippen LogP contribution in [0.3, 0.4) is 0 Å². The maximum Gasteiger partial charge on any atom is 0.161 e. The highest BCUT2D eigenvalue weighted by Crippen LogP contribution is 2.31. The summed E-state index contributed by atoms with van der Waals surface area (Å²) in [5.74, 6) is 2.47. The molecular weight excluding hydrogens is 262 g/mol. The van der Waals surface area contributed by atoms with E-state index in [4.69, 9.17) is 9.47 Å². The van der Waals surface area contributed by atoms with E-state index in [1.807, 2.05) is 6.07 Å². The zero-order valence-corrected chi connectivity index (χ0v) is 13.7. The monoisotopic (exact) mass is 291 g/mol. The molecule has 1 saturated carbocycles. The zero-order valence-electron chi connectivity index (χ0n) is 13.7. The maximum absolute atomic E-state index is 5.96. The largest absolute Gasteiger partial charge is 0.493 e. The summed E-state index contributed by atoms with van der Waals surface area (Å²) in [5, 5.41) is 3.60. The van der Waals surface area contributed by atoms with Crippen molar-refractivity contribution >= 4 is 0 Å². The molecule has 1 fully saturated rings. The van der Waals surface area contributed by atoms with Gasteiger partial charge in [0.2, 0.25) is 0 Å². The van der Waals surface area contributed by atoms with Crippen molar-refractivity contribution in [1.82, 2.24) is 5.32 Å². The van der Waals surface area contributed by atoms with Gasteiger partial charge in [0.15, 0.2) is 11.5 Å². The highest BCUT2D eigenvalue weighted by molar-refractivity contribution is 5.42. The van der Waals surface area contributed by atoms with Crippen LogP contribution >= 0.6 is 0 Å². The Morgan fingerprint density at radius 2 is 2.05 bits per heavy atom. The quantitative estimate of drug-likeness (QED) is 0.790. The Balaban J connectivity index is 1.85. The summed E-state index contributed by atoms with van der Waals surface area (Å²) in [6.07, 6.45) is 6.12.